The molecule has 0 fully saturated rings. The Morgan fingerprint density at radius 3 is 1.86 bits per heavy atom. The van der Waals surface area contributed by atoms with Gasteiger partial charge in [-0.15, -0.1) is 0 Å². The molecule has 0 aliphatic heterocycles. The fraction of sp³-hybridized carbons (Fsp3) is 0.231. The molecule has 0 aromatic heterocycles. The Morgan fingerprint density at radius 1 is 0.714 bits per heavy atom. The van der Waals surface area contributed by atoms with E-state index in [4.69, 9.17) is 4.74 Å². The summed E-state index contributed by atoms with van der Waals surface area (Å²) in [6.07, 6.45) is 1.90. The van der Waals surface area contributed by atoms with Crippen molar-refractivity contribution in [2.24, 2.45) is 0 Å². The van der Waals surface area contributed by atoms with E-state index in [1.165, 1.54) is 27.8 Å². The van der Waals surface area contributed by atoms with Crippen molar-refractivity contribution < 1.29 is 4.74 Å². The Hall–Kier alpha value is -2.84. The monoisotopic (exact) mass is 371 g/mol. The van der Waals surface area contributed by atoms with Crippen molar-refractivity contribution in [1.29, 1.82) is 0 Å². The van der Waals surface area contributed by atoms with Crippen LogP contribution in [0.2, 0.25) is 0 Å². The topological polar surface area (TPSA) is 12.5 Å². The zero-order chi connectivity index (χ0) is 19.8. The van der Waals surface area contributed by atoms with Crippen molar-refractivity contribution >= 4 is 11.1 Å². The number of ether oxygens (including phenoxy) is 1. The van der Waals surface area contributed by atoms with Crippen LogP contribution in [0.1, 0.15) is 30.0 Å². The molecule has 0 heterocycles. The van der Waals surface area contributed by atoms with Crippen LogP contribution in [0.15, 0.2) is 84.9 Å². The van der Waals surface area contributed by atoms with Crippen LogP contribution in [0, 0.1) is 0 Å². The van der Waals surface area contributed by atoms with E-state index in [0.29, 0.717) is 6.73 Å². The van der Waals surface area contributed by atoms with E-state index in [2.05, 4.69) is 91.9 Å². The lowest BCUT2D eigenvalue weighted by molar-refractivity contribution is 0.179. The number of benzene rings is 3. The van der Waals surface area contributed by atoms with E-state index in [0.717, 1.165) is 18.6 Å². The van der Waals surface area contributed by atoms with Crippen LogP contribution in [0.5, 0.6) is 5.75 Å². The number of rotatable bonds is 8. The van der Waals surface area contributed by atoms with Gasteiger partial charge in [-0.2, -0.15) is 0 Å². The fourth-order valence-electron chi connectivity index (χ4n) is 3.37. The maximum Gasteiger partial charge on any atom is 0.141 e. The maximum atomic E-state index is 5.79. The molecule has 0 amide bonds. The summed E-state index contributed by atoms with van der Waals surface area (Å²) >= 11 is 0. The van der Waals surface area contributed by atoms with Gasteiger partial charge < -0.3 is 4.74 Å². The highest BCUT2D eigenvalue weighted by Crippen LogP contribution is 2.32. The minimum absolute atomic E-state index is 0.582. The Balaban J connectivity index is 1.98. The summed E-state index contributed by atoms with van der Waals surface area (Å²) in [6, 6.07) is 29.9. The van der Waals surface area contributed by atoms with Crippen molar-refractivity contribution in [1.82, 2.24) is 4.90 Å². The molecular weight excluding hydrogens is 342 g/mol. The average molecular weight is 372 g/mol. The van der Waals surface area contributed by atoms with Gasteiger partial charge in [0.15, 0.2) is 0 Å². The van der Waals surface area contributed by atoms with Gasteiger partial charge in [0.1, 0.15) is 12.5 Å². The minimum atomic E-state index is 0.582. The van der Waals surface area contributed by atoms with E-state index in [-0.39, 0.29) is 0 Å². The van der Waals surface area contributed by atoms with Crippen LogP contribution in [-0.4, -0.2) is 25.7 Å². The molecule has 28 heavy (non-hydrogen) atoms. The lowest BCUT2D eigenvalue weighted by Gasteiger charge is -2.17. The lowest BCUT2D eigenvalue weighted by Crippen LogP contribution is -2.18. The predicted molar refractivity (Wildman–Crippen MR) is 119 cm³/mol. The third-order valence-corrected chi connectivity index (χ3v) is 4.76. The standard InChI is InChI=1S/C26H29NO/c1-4-25(23-15-17-24(18-16-23)28-20-27(2)3)26(22-13-9-6-10-14-22)19-21-11-7-5-8-12-21/h5-18H,4,19-20H2,1-3H3/b26-25-. The van der Waals surface area contributed by atoms with Gasteiger partial charge in [0.05, 0.1) is 0 Å². The van der Waals surface area contributed by atoms with Gasteiger partial charge in [0.2, 0.25) is 0 Å². The number of nitrogens with zero attached hydrogens (tertiary/aromatic N) is 1. The molecule has 2 nitrogen and oxygen atoms in total. The first-order chi connectivity index (χ1) is 13.7. The summed E-state index contributed by atoms with van der Waals surface area (Å²) in [7, 11) is 4.00. The Kier molecular flexibility index (Phi) is 7.05. The number of allylic oxidation sites excluding steroid dienone is 2. The molecule has 3 rings (SSSR count). The van der Waals surface area contributed by atoms with Gasteiger partial charge >= 0.3 is 0 Å². The zero-order valence-electron chi connectivity index (χ0n) is 17.1. The highest BCUT2D eigenvalue weighted by atomic mass is 16.5. The molecule has 0 aliphatic carbocycles. The molecule has 3 aromatic rings. The molecule has 0 saturated heterocycles. The van der Waals surface area contributed by atoms with Gasteiger partial charge in [-0.1, -0.05) is 79.7 Å². The van der Waals surface area contributed by atoms with Gasteiger partial charge in [-0.25, -0.2) is 0 Å². The van der Waals surface area contributed by atoms with E-state index < -0.39 is 0 Å². The first kappa shape index (κ1) is 19.9. The smallest absolute Gasteiger partial charge is 0.141 e. The van der Waals surface area contributed by atoms with E-state index in [1.807, 2.05) is 19.0 Å². The summed E-state index contributed by atoms with van der Waals surface area (Å²) in [5.74, 6) is 0.900. The summed E-state index contributed by atoms with van der Waals surface area (Å²) in [6.45, 7) is 2.82. The average Bonchev–Trinajstić information content (AvgIpc) is 2.74. The summed E-state index contributed by atoms with van der Waals surface area (Å²) in [4.78, 5) is 2.01. The summed E-state index contributed by atoms with van der Waals surface area (Å²) in [5.41, 5.74) is 6.65. The Bertz CT molecular complexity index is 881. The number of hydrogen-bond donors (Lipinski definition) is 0. The molecule has 0 radical (unpaired) electrons. The molecule has 144 valence electrons. The second-order valence-electron chi connectivity index (χ2n) is 7.22. The summed E-state index contributed by atoms with van der Waals surface area (Å²) < 4.78 is 5.79. The fourth-order valence-corrected chi connectivity index (χ4v) is 3.37. The van der Waals surface area contributed by atoms with Gasteiger partial charge in [-0.3, -0.25) is 4.90 Å². The van der Waals surface area contributed by atoms with Crippen LogP contribution in [0.3, 0.4) is 0 Å². The maximum absolute atomic E-state index is 5.79. The molecule has 0 spiro atoms. The third kappa shape index (κ3) is 5.34. The molecule has 0 N–H and O–H groups in total. The van der Waals surface area contributed by atoms with Crippen molar-refractivity contribution in [3.8, 4) is 5.75 Å². The molecule has 3 aromatic carbocycles. The lowest BCUT2D eigenvalue weighted by atomic mass is 9.89. The molecule has 2 heteroatoms. The normalized spacial score (nSPS) is 12.0. The quantitative estimate of drug-likeness (QED) is 0.348. The first-order valence-electron chi connectivity index (χ1n) is 9.86. The second kappa shape index (κ2) is 9.91. The third-order valence-electron chi connectivity index (χ3n) is 4.76. The van der Waals surface area contributed by atoms with Crippen molar-refractivity contribution in [2.45, 2.75) is 19.8 Å². The van der Waals surface area contributed by atoms with Crippen molar-refractivity contribution in [2.75, 3.05) is 20.8 Å². The Labute approximate surface area is 169 Å². The van der Waals surface area contributed by atoms with Gasteiger partial charge in [-0.05, 0) is 66.9 Å². The van der Waals surface area contributed by atoms with E-state index >= 15 is 0 Å². The molecule has 0 aliphatic rings. The molecular formula is C26H29NO. The minimum Gasteiger partial charge on any atom is -0.478 e. The van der Waals surface area contributed by atoms with Gasteiger partial charge in [0.25, 0.3) is 0 Å². The molecule has 0 atom stereocenters. The Morgan fingerprint density at radius 2 is 1.29 bits per heavy atom. The summed E-state index contributed by atoms with van der Waals surface area (Å²) in [5, 5.41) is 0. The van der Waals surface area contributed by atoms with Crippen LogP contribution in [-0.2, 0) is 6.42 Å². The molecule has 0 unspecified atom stereocenters. The molecule has 0 saturated carbocycles. The van der Waals surface area contributed by atoms with Crippen LogP contribution >= 0.6 is 0 Å². The number of hydrogen-bond acceptors (Lipinski definition) is 2. The first-order valence-corrected chi connectivity index (χ1v) is 9.86. The van der Waals surface area contributed by atoms with Crippen LogP contribution in [0.25, 0.3) is 11.1 Å². The van der Waals surface area contributed by atoms with Gasteiger partial charge in [0, 0.05) is 0 Å². The largest absolute Gasteiger partial charge is 0.478 e. The van der Waals surface area contributed by atoms with Crippen LogP contribution < -0.4 is 4.74 Å². The van der Waals surface area contributed by atoms with Crippen molar-refractivity contribution in [3.63, 3.8) is 0 Å². The SMILES string of the molecule is CC/C(=C(\Cc1ccccc1)c1ccccc1)c1ccc(OCN(C)C)cc1. The van der Waals surface area contributed by atoms with Crippen molar-refractivity contribution in [3.05, 3.63) is 102 Å². The molecule has 0 bridgehead atoms. The second-order valence-corrected chi connectivity index (χ2v) is 7.22. The van der Waals surface area contributed by atoms with E-state index in [1.54, 1.807) is 0 Å². The highest BCUT2D eigenvalue weighted by Gasteiger charge is 2.11. The van der Waals surface area contributed by atoms with E-state index in [9.17, 15) is 0 Å². The zero-order valence-corrected chi connectivity index (χ0v) is 17.1. The highest BCUT2D eigenvalue weighted by molar-refractivity contribution is 5.91. The van der Waals surface area contributed by atoms with Crippen LogP contribution in [0.4, 0.5) is 0 Å². The predicted octanol–water partition coefficient (Wildman–Crippen LogP) is 6.15.